The lowest BCUT2D eigenvalue weighted by Gasteiger charge is -2.23. The molecule has 0 radical (unpaired) electrons. The van der Waals surface area contributed by atoms with Crippen molar-refractivity contribution in [2.24, 2.45) is 5.90 Å². The third-order valence-electron chi connectivity index (χ3n) is 3.23. The minimum absolute atomic E-state index is 0.00700. The van der Waals surface area contributed by atoms with Gasteiger partial charge < -0.3 is 5.32 Å². The van der Waals surface area contributed by atoms with Gasteiger partial charge in [0, 0.05) is 18.2 Å². The largest absolute Gasteiger partial charge is 0.385 e. The van der Waals surface area contributed by atoms with Crippen LogP contribution in [-0.4, -0.2) is 22.4 Å². The molecule has 11 heteroatoms. The van der Waals surface area contributed by atoms with Crippen LogP contribution < -0.4 is 16.3 Å². The van der Waals surface area contributed by atoms with Gasteiger partial charge in [0.2, 0.25) is 0 Å². The Balaban J connectivity index is 2.21. The van der Waals surface area contributed by atoms with Crippen LogP contribution in [0.4, 0.5) is 17.1 Å². The molecule has 11 nitrogen and oxygen atoms in total. The number of nitro groups is 2. The summed E-state index contributed by atoms with van der Waals surface area (Å²) in [6, 6.07) is 3.14. The summed E-state index contributed by atoms with van der Waals surface area (Å²) >= 11 is 0. The van der Waals surface area contributed by atoms with Gasteiger partial charge in [-0.15, -0.1) is 4.99 Å². The average Bonchev–Trinajstić information content (AvgIpc) is 2.59. The van der Waals surface area contributed by atoms with Gasteiger partial charge in [-0.05, 0) is 18.7 Å². The maximum absolute atomic E-state index is 11.0. The number of nitro benzene ring substituents is 2. The topological polar surface area (TPSA) is 146 Å². The summed E-state index contributed by atoms with van der Waals surface area (Å²) in [6.07, 6.45) is 7.91. The quantitative estimate of drug-likeness (QED) is 0.409. The van der Waals surface area contributed by atoms with Crippen molar-refractivity contribution in [3.63, 3.8) is 0 Å². The molecule has 1 atom stereocenters. The van der Waals surface area contributed by atoms with Gasteiger partial charge in [0.05, 0.1) is 28.1 Å². The molecule has 0 bridgehead atoms. The van der Waals surface area contributed by atoms with E-state index >= 15 is 0 Å². The van der Waals surface area contributed by atoms with Crippen molar-refractivity contribution in [3.05, 3.63) is 62.9 Å². The zero-order valence-electron chi connectivity index (χ0n) is 12.4. The van der Waals surface area contributed by atoms with Crippen LogP contribution in [0.3, 0.4) is 0 Å². The lowest BCUT2D eigenvalue weighted by molar-refractivity contribution is -0.394. The van der Waals surface area contributed by atoms with Gasteiger partial charge in [0.25, 0.3) is 11.4 Å². The molecule has 1 unspecified atom stereocenters. The Morgan fingerprint density at radius 3 is 2.33 bits per heavy atom. The van der Waals surface area contributed by atoms with Crippen LogP contribution in [0.5, 0.6) is 0 Å². The molecule has 1 aromatic rings. The lowest BCUT2D eigenvalue weighted by atomic mass is 10.1. The van der Waals surface area contributed by atoms with Crippen molar-refractivity contribution >= 4 is 17.1 Å². The van der Waals surface area contributed by atoms with E-state index in [-0.39, 0.29) is 18.3 Å². The van der Waals surface area contributed by atoms with Gasteiger partial charge in [0.1, 0.15) is 0 Å². The van der Waals surface area contributed by atoms with Crippen LogP contribution in [-0.2, 0) is 9.98 Å². The summed E-state index contributed by atoms with van der Waals surface area (Å²) in [6.45, 7) is 0.214. The monoisotopic (exact) mass is 337 g/mol. The Hall–Kier alpha value is -3.02. The SMILES string of the molecule is NOON(CCC1C=CC=CN1)c1cc([N+](=O)[O-])cc([N+](=O)[O-])c1. The molecule has 0 saturated heterocycles. The minimum Gasteiger partial charge on any atom is -0.385 e. The molecule has 128 valence electrons. The number of nitrogens with one attached hydrogen (secondary N) is 1. The first-order valence-electron chi connectivity index (χ1n) is 6.85. The maximum atomic E-state index is 11.0. The molecule has 2 rings (SSSR count). The third kappa shape index (κ3) is 4.49. The van der Waals surface area contributed by atoms with E-state index in [2.05, 4.69) is 10.3 Å². The number of hydrogen-bond acceptors (Lipinski definition) is 9. The number of nitrogens with two attached hydrogens (primary N) is 1. The molecule has 0 saturated carbocycles. The molecular formula is C13H15N5O6. The molecule has 1 aliphatic heterocycles. The van der Waals surface area contributed by atoms with Crippen molar-refractivity contribution in [3.8, 4) is 0 Å². The molecule has 1 aliphatic rings. The van der Waals surface area contributed by atoms with Crippen LogP contribution in [0.2, 0.25) is 0 Å². The second kappa shape index (κ2) is 8.01. The molecule has 1 heterocycles. The molecule has 3 N–H and O–H groups in total. The molecule has 0 fully saturated rings. The van der Waals surface area contributed by atoms with Crippen LogP contribution in [0, 0.1) is 20.2 Å². The molecular weight excluding hydrogens is 322 g/mol. The summed E-state index contributed by atoms with van der Waals surface area (Å²) in [7, 11) is 0. The number of dihydropyridines is 1. The summed E-state index contributed by atoms with van der Waals surface area (Å²) in [5.41, 5.74) is -0.802. The normalized spacial score (nSPS) is 15.8. The van der Waals surface area contributed by atoms with E-state index in [1.54, 1.807) is 6.20 Å². The minimum atomic E-state index is -0.728. The summed E-state index contributed by atoms with van der Waals surface area (Å²) in [5, 5.41) is 26.1. The van der Waals surface area contributed by atoms with Crippen molar-refractivity contribution in [2.75, 3.05) is 11.6 Å². The van der Waals surface area contributed by atoms with Gasteiger partial charge in [-0.25, -0.2) is 5.06 Å². The van der Waals surface area contributed by atoms with Crippen molar-refractivity contribution in [1.82, 2.24) is 5.32 Å². The predicted molar refractivity (Wildman–Crippen MR) is 83.3 cm³/mol. The van der Waals surface area contributed by atoms with E-state index in [0.29, 0.717) is 6.42 Å². The Morgan fingerprint density at radius 2 is 1.83 bits per heavy atom. The molecule has 0 aromatic heterocycles. The fourth-order valence-corrected chi connectivity index (χ4v) is 2.12. The number of benzene rings is 1. The summed E-state index contributed by atoms with van der Waals surface area (Å²) < 4.78 is 0. The third-order valence-corrected chi connectivity index (χ3v) is 3.23. The number of anilines is 1. The second-order valence-corrected chi connectivity index (χ2v) is 4.80. The van der Waals surface area contributed by atoms with Crippen LogP contribution in [0.1, 0.15) is 6.42 Å². The molecule has 0 spiro atoms. The van der Waals surface area contributed by atoms with E-state index in [0.717, 1.165) is 23.3 Å². The zero-order valence-corrected chi connectivity index (χ0v) is 12.4. The standard InChI is InChI=1S/C13H15N5O6/c14-23-24-16(6-4-10-3-1-2-5-15-10)11-7-12(17(19)20)9-13(8-11)18(21)22/h1-3,5,7-10,15H,4,6,14H2. The summed E-state index contributed by atoms with van der Waals surface area (Å²) in [5.74, 6) is 4.90. The Labute approximate surface area is 136 Å². The fraction of sp³-hybridized carbons (Fsp3) is 0.231. The number of rotatable bonds is 8. The Bertz CT molecular complexity index is 645. The number of hydrogen-bond donors (Lipinski definition) is 2. The number of nitrogens with zero attached hydrogens (tertiary/aromatic N) is 3. The van der Waals surface area contributed by atoms with Gasteiger partial charge >= 0.3 is 0 Å². The van der Waals surface area contributed by atoms with Gasteiger partial charge in [0.15, 0.2) is 0 Å². The van der Waals surface area contributed by atoms with Gasteiger partial charge in [-0.2, -0.15) is 5.90 Å². The lowest BCUT2D eigenvalue weighted by Crippen LogP contribution is -2.32. The highest BCUT2D eigenvalue weighted by Gasteiger charge is 2.21. The molecule has 0 amide bonds. The molecule has 24 heavy (non-hydrogen) atoms. The van der Waals surface area contributed by atoms with E-state index < -0.39 is 21.2 Å². The Kier molecular flexibility index (Phi) is 5.78. The van der Waals surface area contributed by atoms with Crippen molar-refractivity contribution in [2.45, 2.75) is 12.5 Å². The van der Waals surface area contributed by atoms with Crippen molar-refractivity contribution in [1.29, 1.82) is 0 Å². The first kappa shape index (κ1) is 17.3. The zero-order chi connectivity index (χ0) is 17.5. The van der Waals surface area contributed by atoms with Crippen LogP contribution in [0.25, 0.3) is 0 Å². The fourth-order valence-electron chi connectivity index (χ4n) is 2.12. The second-order valence-electron chi connectivity index (χ2n) is 4.80. The Morgan fingerprint density at radius 1 is 1.17 bits per heavy atom. The van der Waals surface area contributed by atoms with E-state index in [9.17, 15) is 20.2 Å². The number of non-ortho nitro benzene ring substituents is 2. The highest BCUT2D eigenvalue weighted by atomic mass is 17.3. The number of allylic oxidation sites excluding steroid dienone is 2. The molecule has 1 aromatic carbocycles. The smallest absolute Gasteiger partial charge is 0.278 e. The highest BCUT2D eigenvalue weighted by molar-refractivity contribution is 5.59. The number of hydroxylamine groups is 1. The van der Waals surface area contributed by atoms with E-state index in [4.69, 9.17) is 10.9 Å². The average molecular weight is 337 g/mol. The maximum Gasteiger partial charge on any atom is 0.278 e. The van der Waals surface area contributed by atoms with Gasteiger partial charge in [-0.1, -0.05) is 17.1 Å². The molecule has 0 aliphatic carbocycles. The highest BCUT2D eigenvalue weighted by Crippen LogP contribution is 2.28. The summed E-state index contributed by atoms with van der Waals surface area (Å²) in [4.78, 5) is 29.4. The van der Waals surface area contributed by atoms with Gasteiger partial charge in [-0.3, -0.25) is 20.2 Å². The predicted octanol–water partition coefficient (Wildman–Crippen LogP) is 1.48. The van der Waals surface area contributed by atoms with Crippen LogP contribution >= 0.6 is 0 Å². The van der Waals surface area contributed by atoms with E-state index in [1.165, 1.54) is 0 Å². The van der Waals surface area contributed by atoms with Crippen molar-refractivity contribution < 1.29 is 19.8 Å². The first-order chi connectivity index (χ1) is 11.5. The van der Waals surface area contributed by atoms with Crippen LogP contribution in [0.15, 0.2) is 42.6 Å². The first-order valence-corrected chi connectivity index (χ1v) is 6.85. The van der Waals surface area contributed by atoms with E-state index in [1.807, 2.05) is 18.2 Å².